The lowest BCUT2D eigenvalue weighted by Gasteiger charge is -2.10. The zero-order valence-corrected chi connectivity index (χ0v) is 12.3. The molecule has 1 aromatic carbocycles. The van der Waals surface area contributed by atoms with Gasteiger partial charge in [-0.25, -0.2) is 9.97 Å². The van der Waals surface area contributed by atoms with Crippen LogP contribution in [0.3, 0.4) is 0 Å². The fourth-order valence-electron chi connectivity index (χ4n) is 2.16. The summed E-state index contributed by atoms with van der Waals surface area (Å²) in [7, 11) is 3.57. The maximum absolute atomic E-state index is 5.38. The van der Waals surface area contributed by atoms with E-state index in [1.807, 2.05) is 37.4 Å². The van der Waals surface area contributed by atoms with Crippen LogP contribution in [0.25, 0.3) is 0 Å². The van der Waals surface area contributed by atoms with E-state index in [2.05, 4.69) is 22.2 Å². The number of nitrogens with zero attached hydrogens (tertiary/aromatic N) is 2. The van der Waals surface area contributed by atoms with Gasteiger partial charge in [-0.05, 0) is 12.5 Å². The van der Waals surface area contributed by atoms with Gasteiger partial charge in [0.1, 0.15) is 17.4 Å². The minimum atomic E-state index is 0.677. The number of rotatable bonds is 6. The van der Waals surface area contributed by atoms with Crippen molar-refractivity contribution in [3.63, 3.8) is 0 Å². The molecule has 2 rings (SSSR count). The average molecular weight is 271 g/mol. The third-order valence-corrected chi connectivity index (χ3v) is 3.13. The molecule has 1 heterocycles. The molecule has 0 saturated heterocycles. The lowest BCUT2D eigenvalue weighted by molar-refractivity contribution is 0.410. The number of benzene rings is 1. The third kappa shape index (κ3) is 3.47. The highest BCUT2D eigenvalue weighted by atomic mass is 16.5. The molecule has 2 aromatic rings. The van der Waals surface area contributed by atoms with E-state index in [4.69, 9.17) is 4.74 Å². The summed E-state index contributed by atoms with van der Waals surface area (Å²) in [4.78, 5) is 9.16. The molecule has 0 aliphatic rings. The number of methoxy groups -OCH3 is 1. The molecule has 106 valence electrons. The quantitative estimate of drug-likeness (QED) is 0.877. The Morgan fingerprint density at radius 1 is 1.20 bits per heavy atom. The number of aryl methyl sites for hydroxylation is 1. The lowest BCUT2D eigenvalue weighted by atomic mass is 10.1. The molecule has 0 aliphatic carbocycles. The van der Waals surface area contributed by atoms with Gasteiger partial charge in [-0.1, -0.05) is 31.5 Å². The molecule has 0 unspecified atom stereocenters. The molecular weight excluding hydrogens is 250 g/mol. The van der Waals surface area contributed by atoms with Gasteiger partial charge in [0.15, 0.2) is 0 Å². The molecule has 20 heavy (non-hydrogen) atoms. The second kappa shape index (κ2) is 6.89. The first-order valence-electron chi connectivity index (χ1n) is 6.93. The monoisotopic (exact) mass is 271 g/mol. The van der Waals surface area contributed by atoms with Crippen LogP contribution in [0.4, 0.5) is 5.82 Å². The van der Waals surface area contributed by atoms with Crippen molar-refractivity contribution in [2.24, 2.45) is 0 Å². The first-order chi connectivity index (χ1) is 9.76. The van der Waals surface area contributed by atoms with E-state index in [9.17, 15) is 0 Å². The van der Waals surface area contributed by atoms with Gasteiger partial charge in [-0.3, -0.25) is 0 Å². The number of ether oxygens (including phenoxy) is 1. The van der Waals surface area contributed by atoms with Crippen LogP contribution in [0.5, 0.6) is 5.75 Å². The van der Waals surface area contributed by atoms with E-state index in [0.29, 0.717) is 6.42 Å². The molecule has 1 N–H and O–H groups in total. The molecule has 0 bridgehead atoms. The number of aromatic nitrogens is 2. The highest BCUT2D eigenvalue weighted by molar-refractivity contribution is 5.39. The summed E-state index contributed by atoms with van der Waals surface area (Å²) >= 11 is 0. The van der Waals surface area contributed by atoms with E-state index in [-0.39, 0.29) is 0 Å². The van der Waals surface area contributed by atoms with Crippen LogP contribution in [-0.2, 0) is 12.8 Å². The fraction of sp³-hybridized carbons (Fsp3) is 0.375. The number of para-hydroxylation sites is 1. The van der Waals surface area contributed by atoms with Crippen molar-refractivity contribution in [1.82, 2.24) is 9.97 Å². The van der Waals surface area contributed by atoms with Gasteiger partial charge in [0.05, 0.1) is 7.11 Å². The van der Waals surface area contributed by atoms with Crippen LogP contribution >= 0.6 is 0 Å². The van der Waals surface area contributed by atoms with E-state index in [0.717, 1.165) is 41.5 Å². The Bertz CT molecular complexity index is 569. The summed E-state index contributed by atoms with van der Waals surface area (Å²) in [5.41, 5.74) is 2.18. The van der Waals surface area contributed by atoms with Crippen LogP contribution in [0.15, 0.2) is 30.3 Å². The van der Waals surface area contributed by atoms with Gasteiger partial charge in [0.2, 0.25) is 0 Å². The summed E-state index contributed by atoms with van der Waals surface area (Å²) in [5.74, 6) is 2.57. The smallest absolute Gasteiger partial charge is 0.135 e. The van der Waals surface area contributed by atoms with E-state index >= 15 is 0 Å². The maximum atomic E-state index is 5.38. The van der Waals surface area contributed by atoms with Crippen LogP contribution in [-0.4, -0.2) is 24.1 Å². The fourth-order valence-corrected chi connectivity index (χ4v) is 2.16. The molecule has 0 amide bonds. The predicted octanol–water partition coefficient (Wildman–Crippen LogP) is 3.07. The zero-order valence-electron chi connectivity index (χ0n) is 12.3. The normalized spacial score (nSPS) is 10.3. The Labute approximate surface area is 120 Å². The SMILES string of the molecule is CCCc1cc(NC)nc(Cc2ccccc2OC)n1. The van der Waals surface area contributed by atoms with Crippen molar-refractivity contribution >= 4 is 5.82 Å². The van der Waals surface area contributed by atoms with Gasteiger partial charge >= 0.3 is 0 Å². The lowest BCUT2D eigenvalue weighted by Crippen LogP contribution is -2.05. The number of anilines is 1. The second-order valence-electron chi connectivity index (χ2n) is 4.65. The summed E-state index contributed by atoms with van der Waals surface area (Å²) in [6.45, 7) is 2.15. The maximum Gasteiger partial charge on any atom is 0.135 e. The van der Waals surface area contributed by atoms with Crippen LogP contribution in [0.1, 0.15) is 30.4 Å². The first kappa shape index (κ1) is 14.3. The highest BCUT2D eigenvalue weighted by Gasteiger charge is 2.08. The van der Waals surface area contributed by atoms with Gasteiger partial charge in [-0.2, -0.15) is 0 Å². The van der Waals surface area contributed by atoms with Crippen LogP contribution in [0.2, 0.25) is 0 Å². The summed E-state index contributed by atoms with van der Waals surface area (Å²) < 4.78 is 5.38. The van der Waals surface area contributed by atoms with Crippen LogP contribution < -0.4 is 10.1 Å². The first-order valence-corrected chi connectivity index (χ1v) is 6.93. The molecule has 0 spiro atoms. The molecule has 0 saturated carbocycles. The molecule has 0 atom stereocenters. The largest absolute Gasteiger partial charge is 0.496 e. The van der Waals surface area contributed by atoms with Crippen molar-refractivity contribution in [3.8, 4) is 5.75 Å². The molecule has 1 aromatic heterocycles. The van der Waals surface area contributed by atoms with Crippen molar-refractivity contribution in [2.75, 3.05) is 19.5 Å². The van der Waals surface area contributed by atoms with Gasteiger partial charge in [0.25, 0.3) is 0 Å². The van der Waals surface area contributed by atoms with Gasteiger partial charge < -0.3 is 10.1 Å². The number of nitrogens with one attached hydrogen (secondary N) is 1. The minimum absolute atomic E-state index is 0.677. The Balaban J connectivity index is 2.30. The second-order valence-corrected chi connectivity index (χ2v) is 4.65. The summed E-state index contributed by atoms with van der Waals surface area (Å²) in [5, 5.41) is 3.10. The highest BCUT2D eigenvalue weighted by Crippen LogP contribution is 2.20. The van der Waals surface area contributed by atoms with Crippen molar-refractivity contribution in [2.45, 2.75) is 26.2 Å². The van der Waals surface area contributed by atoms with E-state index in [1.54, 1.807) is 7.11 Å². The van der Waals surface area contributed by atoms with E-state index in [1.165, 1.54) is 0 Å². The molecule has 0 radical (unpaired) electrons. The Hall–Kier alpha value is -2.10. The molecule has 4 heteroatoms. The predicted molar refractivity (Wildman–Crippen MR) is 81.4 cm³/mol. The van der Waals surface area contributed by atoms with Gasteiger partial charge in [-0.15, -0.1) is 0 Å². The molecule has 4 nitrogen and oxygen atoms in total. The summed E-state index contributed by atoms with van der Waals surface area (Å²) in [6.07, 6.45) is 2.72. The topological polar surface area (TPSA) is 47.0 Å². The standard InChI is InChI=1S/C16H21N3O/c1-4-7-13-11-15(17-2)19-16(18-13)10-12-8-5-6-9-14(12)20-3/h5-6,8-9,11H,4,7,10H2,1-3H3,(H,17,18,19). The third-order valence-electron chi connectivity index (χ3n) is 3.13. The molecule has 0 fully saturated rings. The minimum Gasteiger partial charge on any atom is -0.496 e. The van der Waals surface area contributed by atoms with Crippen LogP contribution in [0, 0.1) is 0 Å². The zero-order chi connectivity index (χ0) is 14.4. The van der Waals surface area contributed by atoms with Crippen molar-refractivity contribution in [3.05, 3.63) is 47.4 Å². The average Bonchev–Trinajstić information content (AvgIpc) is 2.48. The van der Waals surface area contributed by atoms with Crippen molar-refractivity contribution in [1.29, 1.82) is 0 Å². The Morgan fingerprint density at radius 2 is 2.00 bits per heavy atom. The van der Waals surface area contributed by atoms with E-state index < -0.39 is 0 Å². The number of hydrogen-bond donors (Lipinski definition) is 1. The number of hydrogen-bond acceptors (Lipinski definition) is 4. The van der Waals surface area contributed by atoms with Gasteiger partial charge in [0, 0.05) is 30.8 Å². The molecule has 0 aliphatic heterocycles. The summed E-state index contributed by atoms with van der Waals surface area (Å²) in [6, 6.07) is 10.00. The Morgan fingerprint density at radius 3 is 2.70 bits per heavy atom. The Kier molecular flexibility index (Phi) is 4.93. The van der Waals surface area contributed by atoms with Crippen molar-refractivity contribution < 1.29 is 4.74 Å². The molecular formula is C16H21N3O.